The normalized spacial score (nSPS) is 13.8. The Morgan fingerprint density at radius 3 is 2.24 bits per heavy atom. The molecule has 1 unspecified atom stereocenters. The third kappa shape index (κ3) is 6.79. The number of carboxylic acids is 1. The number of nitriles is 1. The maximum atomic E-state index is 12.4. The predicted octanol–water partition coefficient (Wildman–Crippen LogP) is 1.73. The molecule has 7 heteroatoms. The highest BCUT2D eigenvalue weighted by Gasteiger charge is 2.41. The van der Waals surface area contributed by atoms with Crippen LogP contribution in [0.15, 0.2) is 0 Å². The summed E-state index contributed by atoms with van der Waals surface area (Å²) in [5, 5.41) is 17.0. The largest absolute Gasteiger partial charge is 0.480 e. The molecule has 0 aromatic carbocycles. The van der Waals surface area contributed by atoms with Crippen LogP contribution in [0, 0.1) is 23.2 Å². The molecule has 0 heterocycles. The molecule has 0 bridgehead atoms. The Kier molecular flexibility index (Phi) is 5.96. The fourth-order valence-corrected chi connectivity index (χ4v) is 1.39. The van der Waals surface area contributed by atoms with E-state index >= 15 is 0 Å². The molecule has 1 N–H and O–H groups in total. The van der Waals surface area contributed by atoms with E-state index in [0.717, 1.165) is 11.0 Å². The van der Waals surface area contributed by atoms with Crippen LogP contribution in [0.25, 0.3) is 0 Å². The summed E-state index contributed by atoms with van der Waals surface area (Å²) in [5.41, 5.74) is 0. The van der Waals surface area contributed by atoms with Gasteiger partial charge in [0.05, 0.1) is 12.6 Å². The molecule has 0 fully saturated rings. The highest BCUT2D eigenvalue weighted by atomic mass is 19.4. The van der Waals surface area contributed by atoms with E-state index in [1.54, 1.807) is 13.8 Å². The minimum Gasteiger partial charge on any atom is -0.480 e. The summed E-state index contributed by atoms with van der Waals surface area (Å²) in [6.07, 6.45) is -4.62. The van der Waals surface area contributed by atoms with Gasteiger partial charge in [-0.1, -0.05) is 13.8 Å². The minimum absolute atomic E-state index is 0.0296. The van der Waals surface area contributed by atoms with Gasteiger partial charge in [-0.25, -0.2) is 0 Å². The first-order valence-corrected chi connectivity index (χ1v) is 5.07. The number of carboxylic acid groups (broad SMARTS) is 1. The SMILES string of the molecule is CC(C)CN(CC(=O)O)CC(C#N)C(F)(F)F. The number of carbonyl (C=O) groups is 1. The average Bonchev–Trinajstić information content (AvgIpc) is 2.09. The summed E-state index contributed by atoms with van der Waals surface area (Å²) in [7, 11) is 0. The predicted molar refractivity (Wildman–Crippen MR) is 54.1 cm³/mol. The maximum absolute atomic E-state index is 12.4. The van der Waals surface area contributed by atoms with Crippen LogP contribution < -0.4 is 0 Å². The highest BCUT2D eigenvalue weighted by Crippen LogP contribution is 2.26. The van der Waals surface area contributed by atoms with E-state index in [2.05, 4.69) is 0 Å². The van der Waals surface area contributed by atoms with E-state index in [1.807, 2.05) is 0 Å². The number of aliphatic carboxylic acids is 1. The number of hydrogen-bond donors (Lipinski definition) is 1. The van der Waals surface area contributed by atoms with E-state index < -0.39 is 31.2 Å². The van der Waals surface area contributed by atoms with E-state index in [9.17, 15) is 18.0 Å². The van der Waals surface area contributed by atoms with Gasteiger partial charge >= 0.3 is 12.1 Å². The van der Waals surface area contributed by atoms with Crippen molar-refractivity contribution < 1.29 is 23.1 Å². The Hall–Kier alpha value is -1.29. The molecule has 0 saturated heterocycles. The van der Waals surface area contributed by atoms with Crippen molar-refractivity contribution in [1.82, 2.24) is 4.90 Å². The zero-order valence-corrected chi connectivity index (χ0v) is 9.66. The van der Waals surface area contributed by atoms with Crippen molar-refractivity contribution >= 4 is 5.97 Å². The molecule has 0 saturated carbocycles. The molecular weight excluding hydrogens is 237 g/mol. The van der Waals surface area contributed by atoms with Crippen molar-refractivity contribution in [3.8, 4) is 6.07 Å². The van der Waals surface area contributed by atoms with Gasteiger partial charge in [-0.3, -0.25) is 9.69 Å². The molecule has 0 amide bonds. The van der Waals surface area contributed by atoms with E-state index in [4.69, 9.17) is 10.4 Å². The summed E-state index contributed by atoms with van der Waals surface area (Å²) >= 11 is 0. The topological polar surface area (TPSA) is 64.3 Å². The van der Waals surface area contributed by atoms with Crippen molar-refractivity contribution in [1.29, 1.82) is 5.26 Å². The molecule has 17 heavy (non-hydrogen) atoms. The van der Waals surface area contributed by atoms with Crippen LogP contribution >= 0.6 is 0 Å². The lowest BCUT2D eigenvalue weighted by Gasteiger charge is -2.25. The fourth-order valence-electron chi connectivity index (χ4n) is 1.39. The number of halogens is 3. The lowest BCUT2D eigenvalue weighted by Crippen LogP contribution is -2.40. The number of rotatable bonds is 6. The number of hydrogen-bond acceptors (Lipinski definition) is 3. The molecule has 0 aromatic heterocycles. The molecule has 0 aliphatic rings. The van der Waals surface area contributed by atoms with Gasteiger partial charge in [0.15, 0.2) is 5.92 Å². The Morgan fingerprint density at radius 1 is 1.41 bits per heavy atom. The summed E-state index contributed by atoms with van der Waals surface area (Å²) < 4.78 is 37.1. The average molecular weight is 252 g/mol. The van der Waals surface area contributed by atoms with Crippen LogP contribution in [0.2, 0.25) is 0 Å². The first kappa shape index (κ1) is 15.7. The van der Waals surface area contributed by atoms with Crippen molar-refractivity contribution in [3.63, 3.8) is 0 Å². The van der Waals surface area contributed by atoms with Gasteiger partial charge in [0.2, 0.25) is 0 Å². The van der Waals surface area contributed by atoms with Crippen molar-refractivity contribution in [2.75, 3.05) is 19.6 Å². The van der Waals surface area contributed by atoms with Gasteiger partial charge in [-0.05, 0) is 5.92 Å². The second kappa shape index (κ2) is 6.45. The van der Waals surface area contributed by atoms with Gasteiger partial charge in [0.1, 0.15) is 0 Å². The summed E-state index contributed by atoms with van der Waals surface area (Å²) in [5.74, 6) is -3.33. The second-order valence-electron chi connectivity index (χ2n) is 4.20. The second-order valence-corrected chi connectivity index (χ2v) is 4.20. The molecule has 0 aliphatic heterocycles. The van der Waals surface area contributed by atoms with Crippen LogP contribution in [0.3, 0.4) is 0 Å². The van der Waals surface area contributed by atoms with Gasteiger partial charge < -0.3 is 5.11 Å². The van der Waals surface area contributed by atoms with Gasteiger partial charge in [-0.15, -0.1) is 0 Å². The molecule has 0 aliphatic carbocycles. The summed E-state index contributed by atoms with van der Waals surface area (Å²) in [6.45, 7) is 2.64. The van der Waals surface area contributed by atoms with Gasteiger partial charge in [0, 0.05) is 13.1 Å². The zero-order chi connectivity index (χ0) is 13.6. The minimum atomic E-state index is -4.62. The Labute approximate surface area is 97.6 Å². The zero-order valence-electron chi connectivity index (χ0n) is 9.66. The van der Waals surface area contributed by atoms with E-state index in [-0.39, 0.29) is 12.5 Å². The number of nitrogens with zero attached hydrogens (tertiary/aromatic N) is 2. The van der Waals surface area contributed by atoms with Crippen LogP contribution in [0.5, 0.6) is 0 Å². The van der Waals surface area contributed by atoms with Crippen molar-refractivity contribution in [2.45, 2.75) is 20.0 Å². The first-order valence-electron chi connectivity index (χ1n) is 5.07. The molecule has 1 atom stereocenters. The molecule has 98 valence electrons. The Morgan fingerprint density at radius 2 is 1.94 bits per heavy atom. The van der Waals surface area contributed by atoms with Crippen LogP contribution in [0.1, 0.15) is 13.8 Å². The molecule has 0 spiro atoms. The smallest absolute Gasteiger partial charge is 0.405 e. The van der Waals surface area contributed by atoms with E-state index in [1.165, 1.54) is 0 Å². The third-order valence-corrected chi connectivity index (χ3v) is 1.97. The third-order valence-electron chi connectivity index (χ3n) is 1.97. The highest BCUT2D eigenvalue weighted by molar-refractivity contribution is 5.69. The Bertz CT molecular complexity index is 297. The van der Waals surface area contributed by atoms with Crippen molar-refractivity contribution in [3.05, 3.63) is 0 Å². The standard InChI is InChI=1S/C10H15F3N2O2/c1-7(2)4-15(6-9(16)17)5-8(3-14)10(11,12)13/h7-8H,4-6H2,1-2H3,(H,16,17). The summed E-state index contributed by atoms with van der Waals surface area (Å²) in [6, 6.07) is 1.16. The monoisotopic (exact) mass is 252 g/mol. The quantitative estimate of drug-likeness (QED) is 0.781. The molecule has 4 nitrogen and oxygen atoms in total. The maximum Gasteiger partial charge on any atom is 0.405 e. The fraction of sp³-hybridized carbons (Fsp3) is 0.800. The van der Waals surface area contributed by atoms with Crippen molar-refractivity contribution in [2.24, 2.45) is 11.8 Å². The Balaban J connectivity index is 4.61. The molecule has 0 radical (unpaired) electrons. The molecular formula is C10H15F3N2O2. The first-order chi connectivity index (χ1) is 7.66. The lowest BCUT2D eigenvalue weighted by atomic mass is 10.1. The molecule has 0 aromatic rings. The van der Waals surface area contributed by atoms with Crippen LogP contribution in [-0.4, -0.2) is 41.8 Å². The van der Waals surface area contributed by atoms with Gasteiger partial charge in [-0.2, -0.15) is 18.4 Å². The summed E-state index contributed by atoms with van der Waals surface area (Å²) in [4.78, 5) is 11.6. The number of alkyl halides is 3. The lowest BCUT2D eigenvalue weighted by molar-refractivity contribution is -0.165. The van der Waals surface area contributed by atoms with Gasteiger partial charge in [0.25, 0.3) is 0 Å². The van der Waals surface area contributed by atoms with E-state index in [0.29, 0.717) is 0 Å². The van der Waals surface area contributed by atoms with Crippen LogP contribution in [-0.2, 0) is 4.79 Å². The molecule has 0 rings (SSSR count). The van der Waals surface area contributed by atoms with Crippen LogP contribution in [0.4, 0.5) is 13.2 Å².